The molecule has 0 aliphatic heterocycles. The smallest absolute Gasteiger partial charge is 0.281 e. The number of amidine groups is 1. The minimum Gasteiger partial charge on any atom is -0.465 e. The van der Waals surface area contributed by atoms with E-state index in [1.54, 1.807) is 0 Å². The minimum absolute atomic E-state index is 0.0248. The standard InChI is InChI=1S/C17H16FN5O2/c1-21-17(20)25-7-6-12-8-13(3-4-14(12)18)23-16(24)15-5-2-11(9-19)10-22-15/h2-5,8,10H,6-7H2,1H3,(H2,20,21)(H,23,24). The van der Waals surface area contributed by atoms with Gasteiger partial charge in [0.2, 0.25) is 0 Å². The van der Waals surface area contributed by atoms with Crippen LogP contribution in [0.2, 0.25) is 0 Å². The molecule has 0 atom stereocenters. The van der Waals surface area contributed by atoms with Crippen LogP contribution >= 0.6 is 0 Å². The van der Waals surface area contributed by atoms with Crippen LogP contribution in [0.15, 0.2) is 41.5 Å². The zero-order valence-electron chi connectivity index (χ0n) is 13.5. The largest absolute Gasteiger partial charge is 0.465 e. The average molecular weight is 341 g/mol. The first-order valence-electron chi connectivity index (χ1n) is 7.34. The number of anilines is 1. The summed E-state index contributed by atoms with van der Waals surface area (Å²) in [5.41, 5.74) is 6.71. The molecule has 1 heterocycles. The van der Waals surface area contributed by atoms with E-state index in [-0.39, 0.29) is 24.7 Å². The summed E-state index contributed by atoms with van der Waals surface area (Å²) in [5.74, 6) is -0.870. The van der Waals surface area contributed by atoms with Gasteiger partial charge >= 0.3 is 0 Å². The molecule has 1 aromatic heterocycles. The van der Waals surface area contributed by atoms with E-state index < -0.39 is 11.7 Å². The number of aromatic nitrogens is 1. The molecule has 0 aliphatic carbocycles. The van der Waals surface area contributed by atoms with Crippen LogP contribution in [0.5, 0.6) is 0 Å². The lowest BCUT2D eigenvalue weighted by Gasteiger charge is -2.09. The number of hydrogen-bond donors (Lipinski definition) is 2. The van der Waals surface area contributed by atoms with E-state index >= 15 is 0 Å². The van der Waals surface area contributed by atoms with Crippen LogP contribution in [0.4, 0.5) is 10.1 Å². The molecule has 7 nitrogen and oxygen atoms in total. The number of ether oxygens (including phenoxy) is 1. The molecule has 0 unspecified atom stereocenters. The highest BCUT2D eigenvalue weighted by atomic mass is 19.1. The van der Waals surface area contributed by atoms with Crippen molar-refractivity contribution in [2.24, 2.45) is 10.7 Å². The Morgan fingerprint density at radius 1 is 1.44 bits per heavy atom. The highest BCUT2D eigenvalue weighted by Gasteiger charge is 2.10. The van der Waals surface area contributed by atoms with Gasteiger partial charge in [-0.1, -0.05) is 0 Å². The summed E-state index contributed by atoms with van der Waals surface area (Å²) in [4.78, 5) is 19.7. The van der Waals surface area contributed by atoms with Crippen LogP contribution in [0.1, 0.15) is 21.6 Å². The molecule has 0 fully saturated rings. The zero-order valence-corrected chi connectivity index (χ0v) is 13.5. The number of nitrogens with zero attached hydrogens (tertiary/aromatic N) is 3. The van der Waals surface area contributed by atoms with Crippen molar-refractivity contribution in [3.63, 3.8) is 0 Å². The monoisotopic (exact) mass is 341 g/mol. The van der Waals surface area contributed by atoms with E-state index in [0.717, 1.165) is 0 Å². The molecule has 0 spiro atoms. The molecule has 2 rings (SSSR count). The number of amides is 1. The lowest BCUT2D eigenvalue weighted by Crippen LogP contribution is -2.18. The van der Waals surface area contributed by atoms with E-state index in [0.29, 0.717) is 16.8 Å². The number of hydrogen-bond acceptors (Lipinski definition) is 5. The Balaban J connectivity index is 2.05. The number of benzene rings is 1. The first-order valence-corrected chi connectivity index (χ1v) is 7.34. The fourth-order valence-corrected chi connectivity index (χ4v) is 1.96. The minimum atomic E-state index is -0.458. The number of nitrogens with two attached hydrogens (primary N) is 1. The number of carbonyl (C=O) groups excluding carboxylic acids is 1. The molecular formula is C17H16FN5O2. The van der Waals surface area contributed by atoms with E-state index in [4.69, 9.17) is 15.7 Å². The van der Waals surface area contributed by atoms with Crippen LogP contribution in [0.25, 0.3) is 0 Å². The predicted octanol–water partition coefficient (Wildman–Crippen LogP) is 1.85. The van der Waals surface area contributed by atoms with Crippen molar-refractivity contribution < 1.29 is 13.9 Å². The van der Waals surface area contributed by atoms with Crippen molar-refractivity contribution in [1.82, 2.24) is 4.98 Å². The van der Waals surface area contributed by atoms with Gasteiger partial charge in [0.1, 0.15) is 17.6 Å². The van der Waals surface area contributed by atoms with Crippen molar-refractivity contribution in [1.29, 1.82) is 5.26 Å². The zero-order chi connectivity index (χ0) is 18.2. The first kappa shape index (κ1) is 17.9. The van der Waals surface area contributed by atoms with Crippen LogP contribution in [-0.2, 0) is 11.2 Å². The predicted molar refractivity (Wildman–Crippen MR) is 90.5 cm³/mol. The fraction of sp³-hybridized carbons (Fsp3) is 0.176. The SMILES string of the molecule is CN=C(N)OCCc1cc(NC(=O)c2ccc(C#N)cn2)ccc1F. The van der Waals surface area contributed by atoms with Gasteiger partial charge < -0.3 is 15.8 Å². The molecule has 0 radical (unpaired) electrons. The summed E-state index contributed by atoms with van der Waals surface area (Å²) in [6.07, 6.45) is 1.57. The second-order valence-electron chi connectivity index (χ2n) is 4.96. The third kappa shape index (κ3) is 5.00. The highest BCUT2D eigenvalue weighted by Crippen LogP contribution is 2.16. The van der Waals surface area contributed by atoms with E-state index in [9.17, 15) is 9.18 Å². The summed E-state index contributed by atoms with van der Waals surface area (Å²) in [6, 6.07) is 9.11. The number of rotatable bonds is 5. The molecule has 0 saturated carbocycles. The lowest BCUT2D eigenvalue weighted by atomic mass is 10.1. The number of aliphatic imine (C=N–C) groups is 1. The number of nitrogens with one attached hydrogen (secondary N) is 1. The lowest BCUT2D eigenvalue weighted by molar-refractivity contribution is 0.102. The third-order valence-electron chi connectivity index (χ3n) is 3.27. The van der Waals surface area contributed by atoms with Crippen LogP contribution in [0, 0.1) is 17.1 Å². The Morgan fingerprint density at radius 3 is 2.88 bits per heavy atom. The highest BCUT2D eigenvalue weighted by molar-refractivity contribution is 6.02. The fourth-order valence-electron chi connectivity index (χ4n) is 1.96. The van der Waals surface area contributed by atoms with Crippen LogP contribution < -0.4 is 11.1 Å². The molecule has 1 aromatic carbocycles. The van der Waals surface area contributed by atoms with Gasteiger partial charge in [0.25, 0.3) is 11.9 Å². The normalized spacial score (nSPS) is 10.8. The summed E-state index contributed by atoms with van der Waals surface area (Å²) < 4.78 is 18.9. The summed E-state index contributed by atoms with van der Waals surface area (Å²) in [6.45, 7) is 0.161. The molecule has 1 amide bonds. The Bertz CT molecular complexity index is 828. The Kier molecular flexibility index (Phi) is 6.01. The number of nitriles is 1. The van der Waals surface area contributed by atoms with Crippen molar-refractivity contribution in [3.8, 4) is 6.07 Å². The van der Waals surface area contributed by atoms with E-state index in [2.05, 4.69) is 15.3 Å². The van der Waals surface area contributed by atoms with Crippen LogP contribution in [-0.4, -0.2) is 30.6 Å². The van der Waals surface area contributed by atoms with Crippen molar-refractivity contribution in [2.75, 3.05) is 19.0 Å². The van der Waals surface area contributed by atoms with Gasteiger partial charge in [-0.05, 0) is 35.9 Å². The van der Waals surface area contributed by atoms with Crippen molar-refractivity contribution >= 4 is 17.6 Å². The quantitative estimate of drug-likeness (QED) is 0.636. The maximum Gasteiger partial charge on any atom is 0.281 e. The molecule has 25 heavy (non-hydrogen) atoms. The number of carbonyl (C=O) groups is 1. The number of halogens is 1. The van der Waals surface area contributed by atoms with Gasteiger partial charge in [-0.25, -0.2) is 14.4 Å². The van der Waals surface area contributed by atoms with Gasteiger partial charge in [-0.3, -0.25) is 4.79 Å². The Labute approximate surface area is 144 Å². The summed E-state index contributed by atoms with van der Waals surface area (Å²) in [5, 5.41) is 11.4. The Morgan fingerprint density at radius 2 is 2.24 bits per heavy atom. The van der Waals surface area contributed by atoms with E-state index in [1.165, 1.54) is 43.6 Å². The van der Waals surface area contributed by atoms with Gasteiger partial charge in [0.05, 0.1) is 12.2 Å². The molecule has 8 heteroatoms. The molecule has 0 aliphatic rings. The number of pyridine rings is 1. The average Bonchev–Trinajstić information content (AvgIpc) is 2.64. The molecule has 0 bridgehead atoms. The molecule has 128 valence electrons. The van der Waals surface area contributed by atoms with Gasteiger partial charge in [-0.15, -0.1) is 0 Å². The maximum absolute atomic E-state index is 13.8. The first-order chi connectivity index (χ1) is 12.0. The molecule has 3 N–H and O–H groups in total. The third-order valence-corrected chi connectivity index (χ3v) is 3.27. The van der Waals surface area contributed by atoms with E-state index in [1.807, 2.05) is 6.07 Å². The second kappa shape index (κ2) is 8.40. The van der Waals surface area contributed by atoms with Gasteiger partial charge in [0.15, 0.2) is 0 Å². The molecule has 0 saturated heterocycles. The Hall–Kier alpha value is -3.47. The topological polar surface area (TPSA) is 113 Å². The molecular weight excluding hydrogens is 325 g/mol. The van der Waals surface area contributed by atoms with Gasteiger partial charge in [0, 0.05) is 25.4 Å². The van der Waals surface area contributed by atoms with Gasteiger partial charge in [-0.2, -0.15) is 5.26 Å². The van der Waals surface area contributed by atoms with Crippen molar-refractivity contribution in [3.05, 3.63) is 59.2 Å². The maximum atomic E-state index is 13.8. The second-order valence-corrected chi connectivity index (χ2v) is 4.96. The summed E-state index contributed by atoms with van der Waals surface area (Å²) >= 11 is 0. The molecule has 2 aromatic rings. The van der Waals surface area contributed by atoms with Crippen molar-refractivity contribution in [2.45, 2.75) is 6.42 Å². The van der Waals surface area contributed by atoms with Crippen LogP contribution in [0.3, 0.4) is 0 Å². The summed E-state index contributed by atoms with van der Waals surface area (Å²) in [7, 11) is 1.49.